The van der Waals surface area contributed by atoms with Crippen LogP contribution in [-0.2, 0) is 0 Å². The summed E-state index contributed by atoms with van der Waals surface area (Å²) in [7, 11) is 0. The van der Waals surface area contributed by atoms with Crippen LogP contribution < -0.4 is 16.2 Å². The third kappa shape index (κ3) is 2.82. The lowest BCUT2D eigenvalue weighted by atomic mass is 9.86. The fraction of sp³-hybridized carbons (Fsp3) is 0.412. The molecule has 3 aliphatic heterocycles. The molecule has 3 fully saturated rings. The van der Waals surface area contributed by atoms with Gasteiger partial charge < -0.3 is 16.2 Å². The van der Waals surface area contributed by atoms with Crippen molar-refractivity contribution in [3.63, 3.8) is 0 Å². The Labute approximate surface area is 135 Å². The summed E-state index contributed by atoms with van der Waals surface area (Å²) in [4.78, 5) is 2.46. The average molecular weight is 311 g/mol. The first-order valence-corrected chi connectivity index (χ1v) is 8.07. The van der Waals surface area contributed by atoms with Gasteiger partial charge in [-0.3, -0.25) is 4.90 Å². The fourth-order valence-electron chi connectivity index (χ4n) is 3.47. The minimum Gasteiger partial charge on any atom is -0.472 e. The summed E-state index contributed by atoms with van der Waals surface area (Å²) in [6.45, 7) is 3.41. The summed E-state index contributed by atoms with van der Waals surface area (Å²) in [5.41, 5.74) is 14.4. The van der Waals surface area contributed by atoms with Crippen LogP contribution in [0.1, 0.15) is 12.8 Å². The Hall–Kier alpha value is -2.34. The highest BCUT2D eigenvalue weighted by Gasteiger charge is 2.35. The molecule has 1 atom stereocenters. The minimum atomic E-state index is 0.241. The van der Waals surface area contributed by atoms with Crippen LogP contribution in [0.3, 0.4) is 0 Å². The van der Waals surface area contributed by atoms with Gasteiger partial charge in [-0.05, 0) is 50.0 Å². The first-order valence-electron chi connectivity index (χ1n) is 8.07. The van der Waals surface area contributed by atoms with Crippen molar-refractivity contribution in [3.05, 3.63) is 30.3 Å². The standard InChI is InChI=1S/C17H21N5O/c18-13-2-1-12(9-14(13)19)15-3-4-17(21-20-15)23-16-10-22-7-5-11(16)6-8-22/h1-4,9,11,16H,5-8,10,18-19H2/t16-/m0/s1. The van der Waals surface area contributed by atoms with Gasteiger partial charge in [0.2, 0.25) is 5.88 Å². The molecule has 0 radical (unpaired) electrons. The zero-order valence-electron chi connectivity index (χ0n) is 13.0. The number of ether oxygens (including phenoxy) is 1. The molecule has 4 heterocycles. The number of hydrogen-bond donors (Lipinski definition) is 2. The molecule has 3 saturated heterocycles. The molecule has 2 bridgehead atoms. The van der Waals surface area contributed by atoms with Crippen LogP contribution in [0.5, 0.6) is 5.88 Å². The summed E-state index contributed by atoms with van der Waals surface area (Å²) >= 11 is 0. The van der Waals surface area contributed by atoms with Gasteiger partial charge in [0, 0.05) is 18.2 Å². The van der Waals surface area contributed by atoms with Crippen molar-refractivity contribution in [1.82, 2.24) is 15.1 Å². The Kier molecular flexibility index (Phi) is 3.53. The third-order valence-electron chi connectivity index (χ3n) is 4.89. The van der Waals surface area contributed by atoms with Crippen LogP contribution in [0.2, 0.25) is 0 Å². The van der Waals surface area contributed by atoms with Crippen LogP contribution >= 0.6 is 0 Å². The van der Waals surface area contributed by atoms with E-state index in [0.29, 0.717) is 23.2 Å². The van der Waals surface area contributed by atoms with Gasteiger partial charge in [-0.15, -0.1) is 10.2 Å². The van der Waals surface area contributed by atoms with E-state index in [-0.39, 0.29) is 6.10 Å². The topological polar surface area (TPSA) is 90.3 Å². The Bertz CT molecular complexity index is 695. The van der Waals surface area contributed by atoms with Crippen molar-refractivity contribution in [2.75, 3.05) is 31.1 Å². The van der Waals surface area contributed by atoms with Gasteiger partial charge >= 0.3 is 0 Å². The van der Waals surface area contributed by atoms with Crippen LogP contribution in [0.25, 0.3) is 11.3 Å². The highest BCUT2D eigenvalue weighted by atomic mass is 16.5. The van der Waals surface area contributed by atoms with Gasteiger partial charge in [-0.1, -0.05) is 6.07 Å². The number of hydrogen-bond acceptors (Lipinski definition) is 6. The van der Waals surface area contributed by atoms with Crippen molar-refractivity contribution in [2.24, 2.45) is 5.92 Å². The Morgan fingerprint density at radius 1 is 1.00 bits per heavy atom. The Morgan fingerprint density at radius 3 is 2.43 bits per heavy atom. The van der Waals surface area contributed by atoms with Gasteiger partial charge in [0.1, 0.15) is 6.10 Å². The van der Waals surface area contributed by atoms with E-state index in [1.807, 2.05) is 24.3 Å². The molecule has 1 aromatic carbocycles. The molecule has 0 unspecified atom stereocenters. The largest absolute Gasteiger partial charge is 0.472 e. The number of piperidine rings is 3. The summed E-state index contributed by atoms with van der Waals surface area (Å²) in [5, 5.41) is 8.48. The molecular formula is C17H21N5O. The molecule has 120 valence electrons. The van der Waals surface area contributed by atoms with E-state index >= 15 is 0 Å². The first kappa shape index (κ1) is 14.3. The zero-order valence-corrected chi connectivity index (χ0v) is 13.0. The molecule has 0 amide bonds. The molecule has 2 aromatic rings. The van der Waals surface area contributed by atoms with Crippen molar-refractivity contribution < 1.29 is 4.74 Å². The van der Waals surface area contributed by atoms with E-state index in [1.54, 1.807) is 6.07 Å². The summed E-state index contributed by atoms with van der Waals surface area (Å²) < 4.78 is 6.06. The lowest BCUT2D eigenvalue weighted by Gasteiger charge is -2.44. The zero-order chi connectivity index (χ0) is 15.8. The van der Waals surface area contributed by atoms with Crippen molar-refractivity contribution in [1.29, 1.82) is 0 Å². The number of nitrogen functional groups attached to an aromatic ring is 2. The predicted molar refractivity (Wildman–Crippen MR) is 89.9 cm³/mol. The lowest BCUT2D eigenvalue weighted by molar-refractivity contribution is -0.0103. The van der Waals surface area contributed by atoms with E-state index < -0.39 is 0 Å². The van der Waals surface area contributed by atoms with Crippen LogP contribution in [0.15, 0.2) is 30.3 Å². The SMILES string of the molecule is Nc1ccc(-c2ccc(O[C@H]3CN4CCC3CC4)nn2)cc1N. The Balaban J connectivity index is 1.48. The molecule has 6 heteroatoms. The highest BCUT2D eigenvalue weighted by Crippen LogP contribution is 2.30. The van der Waals surface area contributed by atoms with E-state index in [4.69, 9.17) is 16.2 Å². The van der Waals surface area contributed by atoms with Gasteiger partial charge in [0.15, 0.2) is 0 Å². The molecule has 5 rings (SSSR count). The van der Waals surface area contributed by atoms with E-state index in [2.05, 4.69) is 15.1 Å². The number of nitrogens with zero attached hydrogens (tertiary/aromatic N) is 3. The molecular weight excluding hydrogens is 290 g/mol. The number of fused-ring (bicyclic) bond motifs is 3. The quantitative estimate of drug-likeness (QED) is 0.840. The molecule has 0 aliphatic carbocycles. The maximum absolute atomic E-state index is 6.06. The normalized spacial score (nSPS) is 26.2. The first-order chi connectivity index (χ1) is 11.2. The van der Waals surface area contributed by atoms with E-state index in [0.717, 1.165) is 17.8 Å². The van der Waals surface area contributed by atoms with Crippen molar-refractivity contribution >= 4 is 11.4 Å². The third-order valence-corrected chi connectivity index (χ3v) is 4.89. The summed E-state index contributed by atoms with van der Waals surface area (Å²) in [5.74, 6) is 1.24. The van der Waals surface area contributed by atoms with Crippen LogP contribution in [0, 0.1) is 5.92 Å². The van der Waals surface area contributed by atoms with Gasteiger partial charge in [-0.2, -0.15) is 0 Å². The summed E-state index contributed by atoms with van der Waals surface area (Å²) in [6.07, 6.45) is 2.69. The molecule has 4 N–H and O–H groups in total. The van der Waals surface area contributed by atoms with E-state index in [9.17, 15) is 0 Å². The number of aromatic nitrogens is 2. The molecule has 3 aliphatic rings. The number of benzene rings is 1. The van der Waals surface area contributed by atoms with Gasteiger partial charge in [0.05, 0.1) is 17.1 Å². The van der Waals surface area contributed by atoms with Gasteiger partial charge in [-0.25, -0.2) is 0 Å². The predicted octanol–water partition coefficient (Wildman–Crippen LogP) is 1.78. The molecule has 23 heavy (non-hydrogen) atoms. The second kappa shape index (κ2) is 5.70. The van der Waals surface area contributed by atoms with Crippen LogP contribution in [0.4, 0.5) is 11.4 Å². The highest BCUT2D eigenvalue weighted by molar-refractivity contribution is 5.72. The number of rotatable bonds is 3. The fourth-order valence-corrected chi connectivity index (χ4v) is 3.47. The van der Waals surface area contributed by atoms with Crippen molar-refractivity contribution in [2.45, 2.75) is 18.9 Å². The van der Waals surface area contributed by atoms with Crippen LogP contribution in [-0.4, -0.2) is 40.8 Å². The minimum absolute atomic E-state index is 0.241. The van der Waals surface area contributed by atoms with E-state index in [1.165, 1.54) is 25.9 Å². The lowest BCUT2D eigenvalue weighted by Crippen LogP contribution is -2.52. The average Bonchev–Trinajstić information content (AvgIpc) is 2.59. The maximum Gasteiger partial charge on any atom is 0.233 e. The number of nitrogens with two attached hydrogens (primary N) is 2. The maximum atomic E-state index is 6.06. The second-order valence-electron chi connectivity index (χ2n) is 6.39. The molecule has 0 saturated carbocycles. The molecule has 1 aromatic heterocycles. The smallest absolute Gasteiger partial charge is 0.233 e. The molecule has 6 nitrogen and oxygen atoms in total. The second-order valence-corrected chi connectivity index (χ2v) is 6.39. The monoisotopic (exact) mass is 311 g/mol. The summed E-state index contributed by atoms with van der Waals surface area (Å²) in [6, 6.07) is 9.28. The van der Waals surface area contributed by atoms with Crippen molar-refractivity contribution in [3.8, 4) is 17.1 Å². The van der Waals surface area contributed by atoms with Gasteiger partial charge in [0.25, 0.3) is 0 Å². The molecule has 0 spiro atoms. The number of anilines is 2. The Morgan fingerprint density at radius 2 is 1.83 bits per heavy atom.